The number of aliphatic hydroxyl groups is 1. The number of hydrogen-bond acceptors (Lipinski definition) is 15. The zero-order chi connectivity index (χ0) is 76.0. The average Bonchev–Trinajstić information content (AvgIpc) is 1.21. The molecule has 0 aromatic rings. The van der Waals surface area contributed by atoms with Crippen LogP contribution in [-0.4, -0.2) is 96.7 Å². The molecule has 0 radical (unpaired) electrons. The standard InChI is InChI=1S/C85H142O17P2/c1-5-9-13-17-21-25-29-33-37-39-43-45-49-53-57-61-65-69-82(87)95-75-80(101-84(89)71-67-63-59-55-51-47-41-35-31-27-23-19-15-11-7-3)77-99-103(91,92)97-73-79(86)74-98-104(93,94)100-78-81(102-85(90)72-68-64-60-56-52-48-42-36-32-28-24-20-16-12-8-4)76-96-83(88)70-66-62-58-54-50-46-44-40-38-34-30-26-22-18-14-10-6-2/h9-11,13-15,21-23,25-27,33-38,41-42,51,55,63,67,79-81,86H,5-8,12,16-20,24,28-32,39-40,43-50,52-54,56-62,64-66,68-78H2,1-4H3,(H,91,92)(H,93,94)/b13-9-,14-10-,15-11-,25-21-,26-22-,27-23-,37-33-,38-34-,41-35-,42-36-,55-51-,67-63-. The molecule has 0 saturated carbocycles. The summed E-state index contributed by atoms with van der Waals surface area (Å²) in [4.78, 5) is 73.0. The first-order chi connectivity index (χ1) is 50.7. The van der Waals surface area contributed by atoms with Crippen molar-refractivity contribution in [3.63, 3.8) is 0 Å². The van der Waals surface area contributed by atoms with Gasteiger partial charge < -0.3 is 33.8 Å². The summed E-state index contributed by atoms with van der Waals surface area (Å²) in [6, 6.07) is 0. The third-order valence-corrected chi connectivity index (χ3v) is 18.2. The van der Waals surface area contributed by atoms with E-state index in [2.05, 4.69) is 149 Å². The molecule has 0 aliphatic heterocycles. The van der Waals surface area contributed by atoms with E-state index in [1.165, 1.54) is 38.5 Å². The fraction of sp³-hybridized carbons (Fsp3) is 0.671. The molecule has 0 fully saturated rings. The van der Waals surface area contributed by atoms with Crippen molar-refractivity contribution in [3.05, 3.63) is 146 Å². The van der Waals surface area contributed by atoms with Gasteiger partial charge in [0.25, 0.3) is 0 Å². The van der Waals surface area contributed by atoms with Gasteiger partial charge in [-0.3, -0.25) is 37.3 Å². The van der Waals surface area contributed by atoms with Gasteiger partial charge in [-0.1, -0.05) is 289 Å². The second kappa shape index (κ2) is 76.1. The van der Waals surface area contributed by atoms with Crippen molar-refractivity contribution in [1.29, 1.82) is 0 Å². The first kappa shape index (κ1) is 98.9. The molecule has 0 spiro atoms. The van der Waals surface area contributed by atoms with Crippen LogP contribution in [0.5, 0.6) is 0 Å². The van der Waals surface area contributed by atoms with Crippen LogP contribution in [0, 0.1) is 0 Å². The second-order valence-electron chi connectivity index (χ2n) is 26.2. The summed E-state index contributed by atoms with van der Waals surface area (Å²) in [5, 5.41) is 10.6. The Labute approximate surface area is 630 Å². The van der Waals surface area contributed by atoms with Gasteiger partial charge in [0.2, 0.25) is 0 Å². The molecule has 594 valence electrons. The predicted octanol–water partition coefficient (Wildman–Crippen LogP) is 23.4. The van der Waals surface area contributed by atoms with E-state index in [0.29, 0.717) is 25.7 Å². The van der Waals surface area contributed by atoms with E-state index in [-0.39, 0.29) is 25.7 Å². The van der Waals surface area contributed by atoms with Crippen LogP contribution in [0.4, 0.5) is 0 Å². The lowest BCUT2D eigenvalue weighted by Gasteiger charge is -2.21. The Bertz CT molecular complexity index is 2540. The number of phosphoric ester groups is 2. The van der Waals surface area contributed by atoms with Crippen LogP contribution in [0.1, 0.15) is 310 Å². The normalized spacial score (nSPS) is 14.6. The highest BCUT2D eigenvalue weighted by Crippen LogP contribution is 2.45. The molecular formula is C85H142O17P2. The summed E-state index contributed by atoms with van der Waals surface area (Å²) in [6.45, 7) is 4.40. The zero-order valence-electron chi connectivity index (χ0n) is 64.9. The second-order valence-corrected chi connectivity index (χ2v) is 29.1. The Morgan fingerprint density at radius 2 is 0.538 bits per heavy atom. The van der Waals surface area contributed by atoms with Crippen molar-refractivity contribution in [1.82, 2.24) is 0 Å². The number of hydrogen-bond donors (Lipinski definition) is 3. The van der Waals surface area contributed by atoms with Gasteiger partial charge in [0.1, 0.15) is 19.3 Å². The van der Waals surface area contributed by atoms with Gasteiger partial charge in [-0.15, -0.1) is 0 Å². The Kier molecular flexibility index (Phi) is 72.4. The minimum atomic E-state index is -5.01. The third-order valence-electron chi connectivity index (χ3n) is 16.3. The minimum Gasteiger partial charge on any atom is -0.462 e. The molecule has 0 aliphatic rings. The molecule has 0 aromatic carbocycles. The molecule has 0 bridgehead atoms. The van der Waals surface area contributed by atoms with Crippen LogP contribution in [0.25, 0.3) is 0 Å². The first-order valence-corrected chi connectivity index (χ1v) is 43.1. The summed E-state index contributed by atoms with van der Waals surface area (Å²) in [6.07, 6.45) is 87.1. The van der Waals surface area contributed by atoms with E-state index in [1.807, 2.05) is 12.2 Å². The summed E-state index contributed by atoms with van der Waals surface area (Å²) in [5.74, 6) is -2.35. The Morgan fingerprint density at radius 1 is 0.288 bits per heavy atom. The summed E-state index contributed by atoms with van der Waals surface area (Å²) >= 11 is 0. The monoisotopic (exact) mass is 1500 g/mol. The number of aliphatic hydroxyl groups excluding tert-OH is 1. The van der Waals surface area contributed by atoms with E-state index in [1.54, 1.807) is 12.2 Å². The van der Waals surface area contributed by atoms with Gasteiger partial charge in [0, 0.05) is 19.3 Å². The molecule has 0 rings (SSSR count). The van der Waals surface area contributed by atoms with Crippen LogP contribution < -0.4 is 0 Å². The fourth-order valence-electron chi connectivity index (χ4n) is 10.3. The number of phosphoric acid groups is 2. The molecule has 0 aliphatic carbocycles. The lowest BCUT2D eigenvalue weighted by atomic mass is 10.1. The van der Waals surface area contributed by atoms with Crippen molar-refractivity contribution >= 4 is 39.5 Å². The highest BCUT2D eigenvalue weighted by Gasteiger charge is 2.30. The van der Waals surface area contributed by atoms with Crippen molar-refractivity contribution in [2.45, 2.75) is 329 Å². The maximum Gasteiger partial charge on any atom is 0.472 e. The van der Waals surface area contributed by atoms with E-state index >= 15 is 0 Å². The Balaban J connectivity index is 5.44. The SMILES string of the molecule is CC/C=C\C/C=C\C/C=C\C/C=C\C/C=C\CC(=O)OC(COC(=O)CCCCCCCCC/C=C\C/C=C\C/C=C\CC)COP(=O)(O)OCC(O)COP(=O)(O)OCC(COC(=O)CCCCCCCCC/C=C\C/C=C\C/C=C\CC)OC(=O)CCCCCCC/C=C\CCCCCCCC. The molecule has 19 heteroatoms. The van der Waals surface area contributed by atoms with Crippen molar-refractivity contribution < 1.29 is 80.2 Å². The number of esters is 4. The molecule has 0 aromatic heterocycles. The van der Waals surface area contributed by atoms with Gasteiger partial charge >= 0.3 is 39.5 Å². The highest BCUT2D eigenvalue weighted by molar-refractivity contribution is 7.47. The van der Waals surface area contributed by atoms with Crippen LogP contribution in [0.2, 0.25) is 0 Å². The van der Waals surface area contributed by atoms with Crippen LogP contribution >= 0.6 is 15.6 Å². The summed E-state index contributed by atoms with van der Waals surface area (Å²) in [5.41, 5.74) is 0. The molecule has 5 unspecified atom stereocenters. The number of ether oxygens (including phenoxy) is 4. The fourth-order valence-corrected chi connectivity index (χ4v) is 11.9. The van der Waals surface area contributed by atoms with Gasteiger partial charge in [0.05, 0.1) is 32.8 Å². The Morgan fingerprint density at radius 3 is 0.865 bits per heavy atom. The third kappa shape index (κ3) is 75.2. The number of carbonyl (C=O) groups excluding carboxylic acids is 4. The van der Waals surface area contributed by atoms with E-state index in [4.69, 9.17) is 37.0 Å². The first-order valence-electron chi connectivity index (χ1n) is 40.1. The number of allylic oxidation sites excluding steroid dienone is 23. The van der Waals surface area contributed by atoms with E-state index in [0.717, 1.165) is 193 Å². The summed E-state index contributed by atoms with van der Waals surface area (Å²) in [7, 11) is -10.0. The Hall–Kier alpha value is -5.06. The molecule has 0 saturated heterocycles. The predicted molar refractivity (Wildman–Crippen MR) is 427 cm³/mol. The molecular weight excluding hydrogens is 1350 g/mol. The van der Waals surface area contributed by atoms with Gasteiger partial charge in [-0.2, -0.15) is 0 Å². The van der Waals surface area contributed by atoms with Crippen LogP contribution in [0.3, 0.4) is 0 Å². The number of rotatable bonds is 74. The highest BCUT2D eigenvalue weighted by atomic mass is 31.2. The molecule has 5 atom stereocenters. The molecule has 17 nitrogen and oxygen atoms in total. The molecule has 104 heavy (non-hydrogen) atoms. The van der Waals surface area contributed by atoms with Crippen molar-refractivity contribution in [2.75, 3.05) is 39.6 Å². The molecule has 3 N–H and O–H groups in total. The largest absolute Gasteiger partial charge is 0.472 e. The quantitative estimate of drug-likeness (QED) is 0.0169. The van der Waals surface area contributed by atoms with Crippen LogP contribution in [-0.2, 0) is 65.4 Å². The molecule has 0 heterocycles. The number of unbranched alkanes of at least 4 members (excludes halogenated alkanes) is 25. The minimum absolute atomic E-state index is 0.0774. The lowest BCUT2D eigenvalue weighted by molar-refractivity contribution is -0.161. The molecule has 0 amide bonds. The van der Waals surface area contributed by atoms with Gasteiger partial charge in [-0.25, -0.2) is 9.13 Å². The maximum atomic E-state index is 13.1. The average molecular weight is 1500 g/mol. The van der Waals surface area contributed by atoms with Crippen LogP contribution in [0.15, 0.2) is 146 Å². The summed E-state index contributed by atoms with van der Waals surface area (Å²) < 4.78 is 68.5. The van der Waals surface area contributed by atoms with Gasteiger partial charge in [-0.05, 0) is 141 Å². The van der Waals surface area contributed by atoms with E-state index < -0.39 is 97.5 Å². The lowest BCUT2D eigenvalue weighted by Crippen LogP contribution is -2.30. The van der Waals surface area contributed by atoms with Crippen molar-refractivity contribution in [3.8, 4) is 0 Å². The van der Waals surface area contributed by atoms with E-state index in [9.17, 15) is 43.2 Å². The maximum absolute atomic E-state index is 13.1. The number of carbonyl (C=O) groups is 4. The topological polar surface area (TPSA) is 237 Å². The van der Waals surface area contributed by atoms with Gasteiger partial charge in [0.15, 0.2) is 12.2 Å². The van der Waals surface area contributed by atoms with Crippen molar-refractivity contribution in [2.24, 2.45) is 0 Å². The zero-order valence-corrected chi connectivity index (χ0v) is 66.7. The smallest absolute Gasteiger partial charge is 0.462 e.